The molecule has 0 aliphatic heterocycles. The average Bonchev–Trinajstić information content (AvgIpc) is 2.50. The fourth-order valence-corrected chi connectivity index (χ4v) is 2.06. The molecule has 2 aromatic carbocycles. The minimum absolute atomic E-state index is 0.0255. The molecule has 0 aliphatic rings. The summed E-state index contributed by atoms with van der Waals surface area (Å²) in [4.78, 5) is 23.3. The lowest BCUT2D eigenvalue weighted by Gasteiger charge is -2.12. The fourth-order valence-electron chi connectivity index (χ4n) is 2.06. The summed E-state index contributed by atoms with van der Waals surface area (Å²) < 4.78 is 10.8. The lowest BCUT2D eigenvalue weighted by Crippen LogP contribution is -2.07. The van der Waals surface area contributed by atoms with Crippen molar-refractivity contribution in [2.24, 2.45) is 0 Å². The smallest absolute Gasteiger partial charge is 0.338 e. The van der Waals surface area contributed by atoms with Crippen molar-refractivity contribution in [3.63, 3.8) is 0 Å². The Labute approximate surface area is 129 Å². The number of hydrogen-bond donors (Lipinski definition) is 0. The van der Waals surface area contributed by atoms with Crippen LogP contribution in [0.25, 0.3) is 0 Å². The summed E-state index contributed by atoms with van der Waals surface area (Å²) in [6.07, 6.45) is 0. The number of benzene rings is 2. The maximum absolute atomic E-state index is 11.9. The molecule has 0 radical (unpaired) electrons. The summed E-state index contributed by atoms with van der Waals surface area (Å²) >= 11 is 0. The van der Waals surface area contributed by atoms with E-state index in [4.69, 9.17) is 9.47 Å². The van der Waals surface area contributed by atoms with Gasteiger partial charge < -0.3 is 9.47 Å². The Morgan fingerprint density at radius 3 is 2.50 bits per heavy atom. The Morgan fingerprint density at radius 2 is 1.82 bits per heavy atom. The maximum Gasteiger partial charge on any atom is 0.338 e. The minimum Gasteiger partial charge on any atom is -0.462 e. The van der Waals surface area contributed by atoms with E-state index in [1.54, 1.807) is 56.3 Å². The van der Waals surface area contributed by atoms with Crippen LogP contribution >= 0.6 is 0 Å². The van der Waals surface area contributed by atoms with Gasteiger partial charge in [-0.2, -0.15) is 0 Å². The Bertz CT molecular complexity index is 704. The van der Waals surface area contributed by atoms with Crippen LogP contribution in [0.3, 0.4) is 0 Å². The highest BCUT2D eigenvalue weighted by Gasteiger charge is 2.14. The summed E-state index contributed by atoms with van der Waals surface area (Å²) in [6.45, 7) is 5.40. The molecule has 4 heteroatoms. The summed E-state index contributed by atoms with van der Waals surface area (Å²) in [6, 6.07) is 12.2. The van der Waals surface area contributed by atoms with Gasteiger partial charge in [0.25, 0.3) is 0 Å². The number of hydrogen-bond acceptors (Lipinski definition) is 4. The summed E-state index contributed by atoms with van der Waals surface area (Å²) in [5, 5.41) is 0. The molecule has 0 aliphatic carbocycles. The van der Waals surface area contributed by atoms with E-state index >= 15 is 0 Å². The van der Waals surface area contributed by atoms with Crippen molar-refractivity contribution in [1.29, 1.82) is 0 Å². The Morgan fingerprint density at radius 1 is 1.09 bits per heavy atom. The third-order valence-electron chi connectivity index (χ3n) is 3.25. The van der Waals surface area contributed by atoms with Crippen LogP contribution in [0.4, 0.5) is 0 Å². The molecular weight excluding hydrogens is 280 g/mol. The number of rotatable bonds is 5. The van der Waals surface area contributed by atoms with E-state index in [0.717, 1.165) is 0 Å². The number of esters is 1. The quantitative estimate of drug-likeness (QED) is 0.614. The zero-order valence-electron chi connectivity index (χ0n) is 12.9. The minimum atomic E-state index is -0.372. The van der Waals surface area contributed by atoms with Crippen molar-refractivity contribution in [2.75, 3.05) is 6.61 Å². The Kier molecular flexibility index (Phi) is 4.94. The summed E-state index contributed by atoms with van der Waals surface area (Å²) in [5.41, 5.74) is 1.76. The number of ether oxygens (including phenoxy) is 2. The van der Waals surface area contributed by atoms with Gasteiger partial charge in [0, 0.05) is 11.1 Å². The average molecular weight is 298 g/mol. The van der Waals surface area contributed by atoms with E-state index in [-0.39, 0.29) is 11.8 Å². The number of ketones is 1. The first-order valence-electron chi connectivity index (χ1n) is 7.08. The van der Waals surface area contributed by atoms with Crippen molar-refractivity contribution in [2.45, 2.75) is 20.8 Å². The van der Waals surface area contributed by atoms with E-state index in [0.29, 0.717) is 34.8 Å². The lowest BCUT2D eigenvalue weighted by molar-refractivity contribution is 0.0525. The van der Waals surface area contributed by atoms with Crippen LogP contribution in [0.15, 0.2) is 42.5 Å². The van der Waals surface area contributed by atoms with E-state index < -0.39 is 0 Å². The van der Waals surface area contributed by atoms with Gasteiger partial charge in [-0.25, -0.2) is 4.79 Å². The zero-order valence-corrected chi connectivity index (χ0v) is 12.9. The van der Waals surface area contributed by atoms with Gasteiger partial charge in [-0.15, -0.1) is 0 Å². The maximum atomic E-state index is 11.9. The van der Waals surface area contributed by atoms with Gasteiger partial charge in [-0.1, -0.05) is 18.2 Å². The SMILES string of the molecule is CCOC(=O)c1cccc(Oc2cccc(C(C)=O)c2)c1C. The van der Waals surface area contributed by atoms with Crippen molar-refractivity contribution >= 4 is 11.8 Å². The standard InChI is InChI=1S/C18H18O4/c1-4-21-18(20)16-9-6-10-17(12(16)2)22-15-8-5-7-14(11-15)13(3)19/h5-11H,4H2,1-3H3. The summed E-state index contributed by atoms with van der Waals surface area (Å²) in [7, 11) is 0. The van der Waals surface area contributed by atoms with E-state index in [9.17, 15) is 9.59 Å². The first kappa shape index (κ1) is 15.8. The highest BCUT2D eigenvalue weighted by Crippen LogP contribution is 2.28. The highest BCUT2D eigenvalue weighted by atomic mass is 16.5. The Balaban J connectivity index is 2.30. The molecule has 0 atom stereocenters. The fraction of sp³-hybridized carbons (Fsp3) is 0.222. The van der Waals surface area contributed by atoms with Crippen molar-refractivity contribution in [3.05, 3.63) is 59.2 Å². The monoisotopic (exact) mass is 298 g/mol. The van der Waals surface area contributed by atoms with Gasteiger partial charge in [0.1, 0.15) is 11.5 Å². The van der Waals surface area contributed by atoms with Crippen LogP contribution in [0.5, 0.6) is 11.5 Å². The molecule has 2 rings (SSSR count). The zero-order chi connectivity index (χ0) is 16.1. The largest absolute Gasteiger partial charge is 0.462 e. The van der Waals surface area contributed by atoms with Gasteiger partial charge in [0.2, 0.25) is 0 Å². The third kappa shape index (κ3) is 3.52. The van der Waals surface area contributed by atoms with Gasteiger partial charge in [-0.05, 0) is 45.0 Å². The highest BCUT2D eigenvalue weighted by molar-refractivity contribution is 5.94. The number of Topliss-reactive ketones (excluding diaryl/α,β-unsaturated/α-hetero) is 1. The molecule has 0 heterocycles. The third-order valence-corrected chi connectivity index (χ3v) is 3.25. The first-order chi connectivity index (χ1) is 10.5. The predicted molar refractivity (Wildman–Crippen MR) is 83.7 cm³/mol. The van der Waals surface area contributed by atoms with Crippen LogP contribution in [0, 0.1) is 6.92 Å². The van der Waals surface area contributed by atoms with Crippen molar-refractivity contribution in [1.82, 2.24) is 0 Å². The second kappa shape index (κ2) is 6.89. The van der Waals surface area contributed by atoms with Crippen LogP contribution < -0.4 is 4.74 Å². The molecule has 0 bridgehead atoms. The molecule has 0 amide bonds. The predicted octanol–water partition coefficient (Wildman–Crippen LogP) is 4.17. The van der Waals surface area contributed by atoms with Gasteiger partial charge >= 0.3 is 5.97 Å². The van der Waals surface area contributed by atoms with E-state index in [1.807, 2.05) is 0 Å². The van der Waals surface area contributed by atoms with Gasteiger partial charge in [0.05, 0.1) is 12.2 Å². The topological polar surface area (TPSA) is 52.6 Å². The molecule has 0 saturated heterocycles. The van der Waals surface area contributed by atoms with Gasteiger partial charge in [-0.3, -0.25) is 4.79 Å². The van der Waals surface area contributed by atoms with Crippen LogP contribution in [0.1, 0.15) is 40.1 Å². The molecule has 22 heavy (non-hydrogen) atoms. The molecule has 0 spiro atoms. The molecule has 2 aromatic rings. The molecule has 0 saturated carbocycles. The van der Waals surface area contributed by atoms with Crippen molar-refractivity contribution < 1.29 is 19.1 Å². The van der Waals surface area contributed by atoms with Crippen molar-refractivity contribution in [3.8, 4) is 11.5 Å². The summed E-state index contributed by atoms with van der Waals surface area (Å²) in [5.74, 6) is 0.716. The first-order valence-corrected chi connectivity index (χ1v) is 7.08. The van der Waals surface area contributed by atoms with E-state index in [2.05, 4.69) is 0 Å². The Hall–Kier alpha value is -2.62. The second-order valence-electron chi connectivity index (χ2n) is 4.84. The van der Waals surface area contributed by atoms with Crippen LogP contribution in [-0.2, 0) is 4.74 Å². The number of carbonyl (C=O) groups is 2. The molecule has 0 aromatic heterocycles. The molecular formula is C18H18O4. The second-order valence-corrected chi connectivity index (χ2v) is 4.84. The van der Waals surface area contributed by atoms with E-state index in [1.165, 1.54) is 6.92 Å². The molecule has 0 unspecified atom stereocenters. The van der Waals surface area contributed by atoms with Crippen LogP contribution in [-0.4, -0.2) is 18.4 Å². The molecule has 4 nitrogen and oxygen atoms in total. The molecule has 0 fully saturated rings. The normalized spacial score (nSPS) is 10.1. The molecule has 114 valence electrons. The lowest BCUT2D eigenvalue weighted by atomic mass is 10.1. The van der Waals surface area contributed by atoms with Gasteiger partial charge in [0.15, 0.2) is 5.78 Å². The van der Waals surface area contributed by atoms with Crippen LogP contribution in [0.2, 0.25) is 0 Å². The molecule has 0 N–H and O–H groups in total. The number of carbonyl (C=O) groups excluding carboxylic acids is 2.